The van der Waals surface area contributed by atoms with Crippen LogP contribution >= 0.6 is 23.2 Å². The maximum absolute atomic E-state index is 6.61. The lowest BCUT2D eigenvalue weighted by Gasteiger charge is -2.11. The Bertz CT molecular complexity index is 1100. The predicted molar refractivity (Wildman–Crippen MR) is 121 cm³/mol. The third-order valence-electron chi connectivity index (χ3n) is 5.08. The van der Waals surface area contributed by atoms with Gasteiger partial charge in [0.05, 0.1) is 10.7 Å². The number of nitrogens with one attached hydrogen (secondary N) is 1. The van der Waals surface area contributed by atoms with Gasteiger partial charge in [0.15, 0.2) is 0 Å². The van der Waals surface area contributed by atoms with Crippen LogP contribution in [0.1, 0.15) is 18.4 Å². The lowest BCUT2D eigenvalue weighted by Crippen LogP contribution is -1.99. The van der Waals surface area contributed by atoms with Crippen LogP contribution in [-0.4, -0.2) is 11.5 Å². The molecule has 0 spiro atoms. The summed E-state index contributed by atoms with van der Waals surface area (Å²) < 4.78 is 0. The van der Waals surface area contributed by atoms with Crippen LogP contribution < -0.4 is 5.73 Å². The van der Waals surface area contributed by atoms with E-state index in [-0.39, 0.29) is 0 Å². The van der Waals surface area contributed by atoms with Crippen LogP contribution in [-0.2, 0) is 6.42 Å². The van der Waals surface area contributed by atoms with Gasteiger partial charge in [0, 0.05) is 21.5 Å². The van der Waals surface area contributed by atoms with Crippen molar-refractivity contribution < 1.29 is 0 Å². The molecular weight excluding hydrogens is 387 g/mol. The van der Waals surface area contributed by atoms with E-state index in [1.54, 1.807) is 0 Å². The quantitative estimate of drug-likeness (QED) is 0.328. The number of H-pyrrole nitrogens is 1. The minimum atomic E-state index is 0.634. The second-order valence-electron chi connectivity index (χ2n) is 6.95. The van der Waals surface area contributed by atoms with E-state index in [0.717, 1.165) is 35.9 Å². The predicted octanol–water partition coefficient (Wildman–Crippen LogP) is 7.09. The van der Waals surface area contributed by atoms with Gasteiger partial charge in [-0.15, -0.1) is 0 Å². The zero-order chi connectivity index (χ0) is 19.5. The fraction of sp³-hybridized carbons (Fsp3) is 0.167. The van der Waals surface area contributed by atoms with Crippen molar-refractivity contribution >= 4 is 34.1 Å². The number of aromatic nitrogens is 1. The number of hydrogen-bond donors (Lipinski definition) is 2. The average Bonchev–Trinajstić information content (AvgIpc) is 3.07. The first-order valence-corrected chi connectivity index (χ1v) is 10.3. The Morgan fingerprint density at radius 1 is 0.821 bits per heavy atom. The molecule has 4 rings (SSSR count). The van der Waals surface area contributed by atoms with E-state index in [1.165, 1.54) is 22.3 Å². The molecule has 0 fully saturated rings. The molecule has 1 heterocycles. The van der Waals surface area contributed by atoms with Crippen LogP contribution in [0.3, 0.4) is 0 Å². The summed E-state index contributed by atoms with van der Waals surface area (Å²) in [6.07, 6.45) is 2.91. The van der Waals surface area contributed by atoms with Crippen LogP contribution in [0.15, 0.2) is 66.7 Å². The minimum Gasteiger partial charge on any atom is -0.354 e. The molecule has 0 aliphatic rings. The number of benzene rings is 3. The molecule has 2 nitrogen and oxygen atoms in total. The normalized spacial score (nSPS) is 11.2. The number of rotatable bonds is 6. The molecule has 0 aliphatic heterocycles. The molecule has 4 aromatic rings. The van der Waals surface area contributed by atoms with E-state index in [0.29, 0.717) is 16.6 Å². The number of halogens is 2. The van der Waals surface area contributed by atoms with Crippen LogP contribution in [0.5, 0.6) is 0 Å². The number of aryl methyl sites for hydroxylation is 1. The van der Waals surface area contributed by atoms with Crippen molar-refractivity contribution in [3.05, 3.63) is 82.3 Å². The Labute approximate surface area is 175 Å². The summed E-state index contributed by atoms with van der Waals surface area (Å²) in [6, 6.07) is 22.7. The fourth-order valence-electron chi connectivity index (χ4n) is 3.81. The first kappa shape index (κ1) is 19.1. The van der Waals surface area contributed by atoms with Gasteiger partial charge in [-0.05, 0) is 54.6 Å². The van der Waals surface area contributed by atoms with E-state index < -0.39 is 0 Å². The Kier molecular flexibility index (Phi) is 5.72. The standard InChI is InChI=1S/C24H22Cl2N2/c25-17-14-21(26)23-20(12-6-7-13-27)24(28-22(23)15-17)19-11-5-4-10-18(19)16-8-2-1-3-9-16/h1-5,8-11,14-15,28H,6-7,12-13,27H2. The highest BCUT2D eigenvalue weighted by Crippen LogP contribution is 2.40. The van der Waals surface area contributed by atoms with Crippen molar-refractivity contribution in [2.75, 3.05) is 6.54 Å². The molecule has 1 aromatic heterocycles. The van der Waals surface area contributed by atoms with Gasteiger partial charge >= 0.3 is 0 Å². The van der Waals surface area contributed by atoms with Gasteiger partial charge in [0.25, 0.3) is 0 Å². The summed E-state index contributed by atoms with van der Waals surface area (Å²) >= 11 is 12.9. The van der Waals surface area contributed by atoms with Gasteiger partial charge in [-0.2, -0.15) is 0 Å². The van der Waals surface area contributed by atoms with E-state index in [9.17, 15) is 0 Å². The van der Waals surface area contributed by atoms with E-state index in [4.69, 9.17) is 28.9 Å². The van der Waals surface area contributed by atoms with Crippen molar-refractivity contribution in [2.24, 2.45) is 5.73 Å². The van der Waals surface area contributed by atoms with E-state index in [1.807, 2.05) is 18.2 Å². The number of fused-ring (bicyclic) bond motifs is 1. The van der Waals surface area contributed by atoms with Gasteiger partial charge in [0.1, 0.15) is 0 Å². The third-order valence-corrected chi connectivity index (χ3v) is 5.60. The zero-order valence-corrected chi connectivity index (χ0v) is 17.0. The van der Waals surface area contributed by atoms with E-state index >= 15 is 0 Å². The molecule has 3 aromatic carbocycles. The highest BCUT2D eigenvalue weighted by molar-refractivity contribution is 6.39. The van der Waals surface area contributed by atoms with E-state index in [2.05, 4.69) is 53.5 Å². The van der Waals surface area contributed by atoms with Gasteiger partial charge < -0.3 is 10.7 Å². The maximum atomic E-state index is 6.61. The highest BCUT2D eigenvalue weighted by atomic mass is 35.5. The molecule has 0 bridgehead atoms. The molecule has 3 N–H and O–H groups in total. The zero-order valence-electron chi connectivity index (χ0n) is 15.5. The van der Waals surface area contributed by atoms with Crippen molar-refractivity contribution in [3.8, 4) is 22.4 Å². The van der Waals surface area contributed by atoms with Crippen molar-refractivity contribution in [2.45, 2.75) is 19.3 Å². The third kappa shape index (κ3) is 3.68. The van der Waals surface area contributed by atoms with Crippen molar-refractivity contribution in [1.29, 1.82) is 0 Å². The van der Waals surface area contributed by atoms with Gasteiger partial charge in [-0.3, -0.25) is 0 Å². The molecule has 0 unspecified atom stereocenters. The Hall–Kier alpha value is -2.26. The second-order valence-corrected chi connectivity index (χ2v) is 7.79. The van der Waals surface area contributed by atoms with Gasteiger partial charge in [0.2, 0.25) is 0 Å². The second kappa shape index (κ2) is 8.40. The molecule has 0 aliphatic carbocycles. The smallest absolute Gasteiger partial charge is 0.0517 e. The van der Waals surface area contributed by atoms with Crippen molar-refractivity contribution in [1.82, 2.24) is 4.98 Å². The topological polar surface area (TPSA) is 41.8 Å². The summed E-state index contributed by atoms with van der Waals surface area (Å²) in [5.74, 6) is 0. The fourth-order valence-corrected chi connectivity index (χ4v) is 4.42. The summed E-state index contributed by atoms with van der Waals surface area (Å²) in [5, 5.41) is 2.38. The minimum absolute atomic E-state index is 0.634. The Morgan fingerprint density at radius 3 is 2.29 bits per heavy atom. The summed E-state index contributed by atoms with van der Waals surface area (Å²) in [4.78, 5) is 3.60. The number of unbranched alkanes of at least 4 members (excludes halogenated alkanes) is 1. The number of nitrogens with two attached hydrogens (primary N) is 1. The molecule has 0 radical (unpaired) electrons. The van der Waals surface area contributed by atoms with Crippen LogP contribution in [0.25, 0.3) is 33.3 Å². The van der Waals surface area contributed by atoms with Crippen LogP contribution in [0.4, 0.5) is 0 Å². The number of aromatic amines is 1. The number of hydrogen-bond acceptors (Lipinski definition) is 1. The summed E-state index contributed by atoms with van der Waals surface area (Å²) in [6.45, 7) is 0.692. The molecular formula is C24H22Cl2N2. The lowest BCUT2D eigenvalue weighted by molar-refractivity contribution is 0.748. The molecule has 4 heteroatoms. The van der Waals surface area contributed by atoms with Crippen molar-refractivity contribution in [3.63, 3.8) is 0 Å². The summed E-state index contributed by atoms with van der Waals surface area (Å²) in [7, 11) is 0. The van der Waals surface area contributed by atoms with Gasteiger partial charge in [-0.1, -0.05) is 77.8 Å². The molecule has 0 saturated carbocycles. The molecule has 28 heavy (non-hydrogen) atoms. The van der Waals surface area contributed by atoms with Crippen LogP contribution in [0, 0.1) is 0 Å². The lowest BCUT2D eigenvalue weighted by atomic mass is 9.94. The van der Waals surface area contributed by atoms with Gasteiger partial charge in [-0.25, -0.2) is 0 Å². The molecule has 0 amide bonds. The Morgan fingerprint density at radius 2 is 1.54 bits per heavy atom. The first-order valence-electron chi connectivity index (χ1n) is 9.53. The highest BCUT2D eigenvalue weighted by Gasteiger charge is 2.18. The first-order chi connectivity index (χ1) is 13.7. The SMILES string of the molecule is NCCCCc1c(-c2ccccc2-c2ccccc2)[nH]c2cc(Cl)cc(Cl)c12. The molecule has 0 saturated heterocycles. The molecule has 142 valence electrons. The van der Waals surface area contributed by atoms with Crippen LogP contribution in [0.2, 0.25) is 10.0 Å². The largest absolute Gasteiger partial charge is 0.354 e. The summed E-state index contributed by atoms with van der Waals surface area (Å²) in [5.41, 5.74) is 12.6. The monoisotopic (exact) mass is 408 g/mol. The maximum Gasteiger partial charge on any atom is 0.0517 e. The Balaban J connectivity index is 1.94. The molecule has 0 atom stereocenters. The average molecular weight is 409 g/mol.